The molecule has 1 aromatic rings. The molecule has 1 aromatic carbocycles. The molecule has 0 aromatic heterocycles. The Kier molecular flexibility index (Phi) is 9.09. The average molecular weight is 406 g/mol. The largest absolute Gasteiger partial charge is 0.490 e. The van der Waals surface area contributed by atoms with Crippen molar-refractivity contribution in [2.24, 2.45) is 5.92 Å². The van der Waals surface area contributed by atoms with E-state index in [1.54, 1.807) is 6.07 Å². The molecule has 1 aliphatic heterocycles. The van der Waals surface area contributed by atoms with E-state index in [1.165, 1.54) is 0 Å². The van der Waals surface area contributed by atoms with Gasteiger partial charge < -0.3 is 25.0 Å². The van der Waals surface area contributed by atoms with Crippen LogP contribution < -0.4 is 20.1 Å². The molecule has 2 N–H and O–H groups in total. The van der Waals surface area contributed by atoms with Crippen LogP contribution in [0.25, 0.3) is 0 Å². The van der Waals surface area contributed by atoms with Crippen LogP contribution in [0.4, 0.5) is 10.5 Å². The Hall–Kier alpha value is -2.44. The minimum Gasteiger partial charge on any atom is -0.490 e. The van der Waals surface area contributed by atoms with Gasteiger partial charge in [0.1, 0.15) is 0 Å². The minimum absolute atomic E-state index is 0.0104. The number of nitrogens with zero attached hydrogens (tertiary/aromatic N) is 1. The SMILES string of the molecule is CCCOc1ccc(NC(=O)NC2CCN(C(=O)C(C)C)CC2)cc1OCCC. The summed E-state index contributed by atoms with van der Waals surface area (Å²) < 4.78 is 11.5. The molecule has 3 amide bonds. The first-order chi connectivity index (χ1) is 13.9. The number of ether oxygens (including phenoxy) is 2. The summed E-state index contributed by atoms with van der Waals surface area (Å²) in [6.07, 6.45) is 3.33. The number of amides is 3. The number of benzene rings is 1. The van der Waals surface area contributed by atoms with Gasteiger partial charge in [0.2, 0.25) is 5.91 Å². The molecule has 7 heteroatoms. The van der Waals surface area contributed by atoms with Crippen molar-refractivity contribution in [1.29, 1.82) is 0 Å². The van der Waals surface area contributed by atoms with Crippen LogP contribution in [-0.4, -0.2) is 49.2 Å². The second kappa shape index (κ2) is 11.5. The maximum Gasteiger partial charge on any atom is 0.319 e. The molecule has 162 valence electrons. The Morgan fingerprint density at radius 1 is 1.07 bits per heavy atom. The van der Waals surface area contributed by atoms with Crippen LogP contribution in [0.1, 0.15) is 53.4 Å². The zero-order valence-electron chi connectivity index (χ0n) is 18.1. The van der Waals surface area contributed by atoms with Gasteiger partial charge in [-0.3, -0.25) is 4.79 Å². The Bertz CT molecular complexity index is 670. The lowest BCUT2D eigenvalue weighted by molar-refractivity contribution is -0.135. The zero-order chi connectivity index (χ0) is 21.2. The number of carbonyl (C=O) groups is 2. The van der Waals surface area contributed by atoms with Crippen LogP contribution in [0.3, 0.4) is 0 Å². The van der Waals surface area contributed by atoms with Crippen LogP contribution >= 0.6 is 0 Å². The molecule has 1 saturated heterocycles. The van der Waals surface area contributed by atoms with E-state index in [0.29, 0.717) is 43.5 Å². The minimum atomic E-state index is -0.248. The second-order valence-corrected chi connectivity index (χ2v) is 7.71. The molecule has 0 bridgehead atoms. The molecule has 1 fully saturated rings. The fraction of sp³-hybridized carbons (Fsp3) is 0.636. The predicted octanol–water partition coefficient (Wildman–Crippen LogP) is 4.03. The summed E-state index contributed by atoms with van der Waals surface area (Å²) in [4.78, 5) is 26.4. The van der Waals surface area contributed by atoms with E-state index < -0.39 is 0 Å². The Morgan fingerprint density at radius 3 is 2.28 bits per heavy atom. The van der Waals surface area contributed by atoms with Crippen molar-refractivity contribution in [2.75, 3.05) is 31.6 Å². The number of anilines is 1. The molecule has 29 heavy (non-hydrogen) atoms. The van der Waals surface area contributed by atoms with Gasteiger partial charge in [-0.25, -0.2) is 4.79 Å². The summed E-state index contributed by atoms with van der Waals surface area (Å²) in [6.45, 7) is 10.5. The summed E-state index contributed by atoms with van der Waals surface area (Å²) in [6, 6.07) is 5.25. The van der Waals surface area contributed by atoms with E-state index in [-0.39, 0.29) is 23.9 Å². The average Bonchev–Trinajstić information content (AvgIpc) is 2.71. The van der Waals surface area contributed by atoms with Crippen molar-refractivity contribution in [3.05, 3.63) is 18.2 Å². The third kappa shape index (κ3) is 7.15. The number of carbonyl (C=O) groups excluding carboxylic acids is 2. The van der Waals surface area contributed by atoms with Crippen LogP contribution in [-0.2, 0) is 4.79 Å². The predicted molar refractivity (Wildman–Crippen MR) is 115 cm³/mol. The van der Waals surface area contributed by atoms with Crippen molar-refractivity contribution in [3.8, 4) is 11.5 Å². The molecule has 7 nitrogen and oxygen atoms in total. The Morgan fingerprint density at radius 2 is 1.69 bits per heavy atom. The van der Waals surface area contributed by atoms with E-state index in [0.717, 1.165) is 25.7 Å². The maximum atomic E-state index is 12.4. The lowest BCUT2D eigenvalue weighted by Crippen LogP contribution is -2.48. The van der Waals surface area contributed by atoms with Crippen molar-refractivity contribution in [3.63, 3.8) is 0 Å². The lowest BCUT2D eigenvalue weighted by atomic mass is 10.0. The van der Waals surface area contributed by atoms with Gasteiger partial charge in [-0.15, -0.1) is 0 Å². The standard InChI is InChI=1S/C22H35N3O4/c1-5-13-28-19-8-7-18(15-20(19)29-14-6-2)24-22(27)23-17-9-11-25(12-10-17)21(26)16(3)4/h7-8,15-17H,5-6,9-14H2,1-4H3,(H2,23,24,27). The first-order valence-corrected chi connectivity index (χ1v) is 10.7. The van der Waals surface area contributed by atoms with Gasteiger partial charge >= 0.3 is 6.03 Å². The molecule has 0 unspecified atom stereocenters. The van der Waals surface area contributed by atoms with Crippen LogP contribution in [0.5, 0.6) is 11.5 Å². The number of piperidine rings is 1. The lowest BCUT2D eigenvalue weighted by Gasteiger charge is -2.33. The van der Waals surface area contributed by atoms with Crippen molar-refractivity contribution >= 4 is 17.6 Å². The highest BCUT2D eigenvalue weighted by Gasteiger charge is 2.25. The number of hydrogen-bond acceptors (Lipinski definition) is 4. The molecule has 0 spiro atoms. The molecular weight excluding hydrogens is 370 g/mol. The molecule has 1 aliphatic rings. The third-order valence-corrected chi connectivity index (χ3v) is 4.76. The van der Waals surface area contributed by atoms with E-state index in [1.807, 2.05) is 37.8 Å². The number of urea groups is 1. The maximum absolute atomic E-state index is 12.4. The van der Waals surface area contributed by atoms with Gasteiger partial charge in [-0.05, 0) is 37.8 Å². The first kappa shape index (κ1) is 22.8. The highest BCUT2D eigenvalue weighted by molar-refractivity contribution is 5.90. The number of nitrogens with one attached hydrogen (secondary N) is 2. The van der Waals surface area contributed by atoms with Gasteiger partial charge in [-0.2, -0.15) is 0 Å². The number of rotatable bonds is 9. The van der Waals surface area contributed by atoms with Crippen LogP contribution in [0.2, 0.25) is 0 Å². The highest BCUT2D eigenvalue weighted by atomic mass is 16.5. The quantitative estimate of drug-likeness (QED) is 0.650. The number of hydrogen-bond donors (Lipinski definition) is 2. The summed E-state index contributed by atoms with van der Waals surface area (Å²) in [5, 5.41) is 5.88. The summed E-state index contributed by atoms with van der Waals surface area (Å²) in [5.41, 5.74) is 0.657. The zero-order valence-corrected chi connectivity index (χ0v) is 18.1. The first-order valence-electron chi connectivity index (χ1n) is 10.7. The van der Waals surface area contributed by atoms with Crippen LogP contribution in [0.15, 0.2) is 18.2 Å². The molecule has 0 atom stereocenters. The second-order valence-electron chi connectivity index (χ2n) is 7.71. The van der Waals surface area contributed by atoms with E-state index in [2.05, 4.69) is 17.6 Å². The van der Waals surface area contributed by atoms with E-state index in [4.69, 9.17) is 9.47 Å². The Balaban J connectivity index is 1.89. The van der Waals surface area contributed by atoms with Gasteiger partial charge in [0, 0.05) is 36.8 Å². The topological polar surface area (TPSA) is 79.9 Å². The van der Waals surface area contributed by atoms with Crippen molar-refractivity contribution in [1.82, 2.24) is 10.2 Å². The monoisotopic (exact) mass is 405 g/mol. The van der Waals surface area contributed by atoms with Gasteiger partial charge in [0.25, 0.3) is 0 Å². The van der Waals surface area contributed by atoms with Gasteiger partial charge in [-0.1, -0.05) is 27.7 Å². The van der Waals surface area contributed by atoms with E-state index in [9.17, 15) is 9.59 Å². The molecule has 0 aliphatic carbocycles. The highest BCUT2D eigenvalue weighted by Crippen LogP contribution is 2.31. The molecule has 0 radical (unpaired) electrons. The Labute approximate surface area is 174 Å². The van der Waals surface area contributed by atoms with Crippen molar-refractivity contribution < 1.29 is 19.1 Å². The van der Waals surface area contributed by atoms with Gasteiger partial charge in [0.05, 0.1) is 13.2 Å². The van der Waals surface area contributed by atoms with Crippen molar-refractivity contribution in [2.45, 2.75) is 59.4 Å². The summed E-state index contributed by atoms with van der Waals surface area (Å²) in [7, 11) is 0. The molecular formula is C22H35N3O4. The molecule has 2 rings (SSSR count). The number of likely N-dealkylation sites (tertiary alicyclic amines) is 1. The molecule has 0 saturated carbocycles. The normalized spacial score (nSPS) is 14.6. The smallest absolute Gasteiger partial charge is 0.319 e. The summed E-state index contributed by atoms with van der Waals surface area (Å²) in [5.74, 6) is 1.51. The van der Waals surface area contributed by atoms with E-state index >= 15 is 0 Å². The summed E-state index contributed by atoms with van der Waals surface area (Å²) >= 11 is 0. The fourth-order valence-electron chi connectivity index (χ4n) is 3.20. The molecule has 1 heterocycles. The fourth-order valence-corrected chi connectivity index (χ4v) is 3.20. The third-order valence-electron chi connectivity index (χ3n) is 4.76. The van der Waals surface area contributed by atoms with Gasteiger partial charge in [0.15, 0.2) is 11.5 Å². The van der Waals surface area contributed by atoms with Crippen LogP contribution in [0, 0.1) is 5.92 Å².